The molecule has 0 aromatic rings. The van der Waals surface area contributed by atoms with Crippen molar-refractivity contribution in [1.29, 1.82) is 0 Å². The van der Waals surface area contributed by atoms with Gasteiger partial charge in [-0.15, -0.1) is 0 Å². The molecule has 1 N–H and O–H groups in total. The summed E-state index contributed by atoms with van der Waals surface area (Å²) in [4.78, 5) is 0. The highest BCUT2D eigenvalue weighted by Crippen LogP contribution is 2.40. The van der Waals surface area contributed by atoms with E-state index in [2.05, 4.69) is 73.4 Å². The second kappa shape index (κ2) is 9.74. The van der Waals surface area contributed by atoms with Crippen LogP contribution in [0.1, 0.15) is 54.9 Å². The number of hydrogen-bond donors (Lipinski definition) is 1. The molecule has 0 spiro atoms. The van der Waals surface area contributed by atoms with E-state index in [0.29, 0.717) is 5.92 Å². The van der Waals surface area contributed by atoms with Crippen LogP contribution in [0.2, 0.25) is 18.1 Å². The molecule has 140 valence electrons. The zero-order valence-corrected chi connectivity index (χ0v) is 18.4. The van der Waals surface area contributed by atoms with Crippen LogP contribution in [-0.2, 0) is 4.43 Å². The Kier molecular flexibility index (Phi) is 9.48. The summed E-state index contributed by atoms with van der Waals surface area (Å²) < 4.78 is 6.81. The minimum absolute atomic E-state index is 0.112. The summed E-state index contributed by atoms with van der Waals surface area (Å²) in [7, 11) is -1.86. The van der Waals surface area contributed by atoms with Crippen LogP contribution in [-0.4, -0.2) is 26.1 Å². The lowest BCUT2D eigenvalue weighted by Crippen LogP contribution is -2.47. The maximum Gasteiger partial charge on any atom is 0.192 e. The van der Waals surface area contributed by atoms with Crippen LogP contribution >= 0.6 is 0 Å². The van der Waals surface area contributed by atoms with Crippen molar-refractivity contribution >= 4 is 8.32 Å². The minimum atomic E-state index is -1.86. The van der Waals surface area contributed by atoms with Crippen LogP contribution in [0.25, 0.3) is 0 Å². The van der Waals surface area contributed by atoms with E-state index in [1.54, 1.807) is 0 Å². The first-order chi connectivity index (χ1) is 10.9. The molecule has 0 aliphatic heterocycles. The lowest BCUT2D eigenvalue weighted by Gasteiger charge is -2.42. The molecule has 0 unspecified atom stereocenters. The Morgan fingerprint density at radius 2 is 1.71 bits per heavy atom. The molecule has 0 radical (unpaired) electrons. The van der Waals surface area contributed by atoms with Crippen LogP contribution in [0, 0.1) is 11.8 Å². The Labute approximate surface area is 151 Å². The maximum atomic E-state index is 9.36. The summed E-state index contributed by atoms with van der Waals surface area (Å²) in [5.74, 6) is 0.686. The van der Waals surface area contributed by atoms with E-state index in [0.717, 1.165) is 12.0 Å². The van der Waals surface area contributed by atoms with Crippen molar-refractivity contribution in [2.45, 2.75) is 79.1 Å². The molecule has 0 aromatic carbocycles. The molecule has 0 saturated carbocycles. The molecule has 0 aromatic heterocycles. The van der Waals surface area contributed by atoms with Gasteiger partial charge in [0.05, 0.1) is 12.7 Å². The number of aliphatic hydroxyl groups excluding tert-OH is 1. The zero-order chi connectivity index (χ0) is 19.1. The van der Waals surface area contributed by atoms with E-state index in [1.807, 2.05) is 13.0 Å². The molecule has 0 aliphatic rings. The Morgan fingerprint density at radius 3 is 2.12 bits per heavy atom. The number of aliphatic hydroxyl groups is 1. The van der Waals surface area contributed by atoms with Gasteiger partial charge in [0, 0.05) is 0 Å². The van der Waals surface area contributed by atoms with Gasteiger partial charge in [0.2, 0.25) is 0 Å². The largest absolute Gasteiger partial charge is 0.413 e. The Hall–Kier alpha value is -0.643. The van der Waals surface area contributed by atoms with Crippen molar-refractivity contribution in [3.05, 3.63) is 36.0 Å². The normalized spacial score (nSPS) is 18.2. The lowest BCUT2D eigenvalue weighted by atomic mass is 9.88. The molecular formula is C21H40O2Si. The predicted molar refractivity (Wildman–Crippen MR) is 110 cm³/mol. The van der Waals surface area contributed by atoms with E-state index in [1.165, 1.54) is 5.57 Å². The Bertz CT molecular complexity index is 455. The van der Waals surface area contributed by atoms with Gasteiger partial charge in [-0.3, -0.25) is 0 Å². The van der Waals surface area contributed by atoms with E-state index < -0.39 is 8.32 Å². The third-order valence-electron chi connectivity index (χ3n) is 5.16. The molecule has 0 amide bonds. The smallest absolute Gasteiger partial charge is 0.192 e. The van der Waals surface area contributed by atoms with Crippen LogP contribution in [0.15, 0.2) is 36.0 Å². The average molecular weight is 353 g/mol. The highest BCUT2D eigenvalue weighted by Gasteiger charge is 2.41. The number of allylic oxidation sites excluding steroid dienone is 3. The molecule has 0 heterocycles. The van der Waals surface area contributed by atoms with Crippen molar-refractivity contribution in [3.8, 4) is 0 Å². The van der Waals surface area contributed by atoms with E-state index in [-0.39, 0.29) is 23.7 Å². The second-order valence-corrected chi connectivity index (χ2v) is 13.6. The third kappa shape index (κ3) is 7.50. The van der Waals surface area contributed by atoms with Crippen LogP contribution < -0.4 is 0 Å². The number of rotatable bonds is 9. The average Bonchev–Trinajstić information content (AvgIpc) is 2.43. The van der Waals surface area contributed by atoms with Crippen LogP contribution in [0.5, 0.6) is 0 Å². The van der Waals surface area contributed by atoms with Gasteiger partial charge in [-0.05, 0) is 50.2 Å². The first-order valence-electron chi connectivity index (χ1n) is 9.10. The summed E-state index contributed by atoms with van der Waals surface area (Å²) in [6, 6.07) is 0. The molecule has 3 atom stereocenters. The van der Waals surface area contributed by atoms with Gasteiger partial charge >= 0.3 is 0 Å². The fourth-order valence-corrected chi connectivity index (χ4v) is 4.23. The molecule has 24 heavy (non-hydrogen) atoms. The van der Waals surface area contributed by atoms with Gasteiger partial charge < -0.3 is 9.53 Å². The van der Waals surface area contributed by atoms with Crippen molar-refractivity contribution in [3.63, 3.8) is 0 Å². The highest BCUT2D eigenvalue weighted by atomic mass is 28.4. The van der Waals surface area contributed by atoms with Gasteiger partial charge in [0.25, 0.3) is 0 Å². The molecule has 0 saturated heterocycles. The van der Waals surface area contributed by atoms with Gasteiger partial charge in [0.1, 0.15) is 0 Å². The summed E-state index contributed by atoms with van der Waals surface area (Å²) in [6.45, 7) is 24.0. The van der Waals surface area contributed by atoms with Crippen LogP contribution in [0.4, 0.5) is 0 Å². The molecule has 2 nitrogen and oxygen atoms in total. The van der Waals surface area contributed by atoms with E-state index in [4.69, 9.17) is 4.43 Å². The van der Waals surface area contributed by atoms with E-state index in [9.17, 15) is 5.11 Å². The summed E-state index contributed by atoms with van der Waals surface area (Å²) in [5.41, 5.74) is 2.34. The summed E-state index contributed by atoms with van der Waals surface area (Å²) >= 11 is 0. The molecule has 3 heteroatoms. The molecule has 0 rings (SSSR count). The lowest BCUT2D eigenvalue weighted by molar-refractivity contribution is 0.0921. The molecule has 0 aliphatic carbocycles. The van der Waals surface area contributed by atoms with Gasteiger partial charge in [-0.2, -0.15) is 0 Å². The summed E-state index contributed by atoms with van der Waals surface area (Å²) in [5, 5.41) is 9.55. The fraction of sp³-hybridized carbons (Fsp3) is 0.714. The SMILES string of the molecule is C=C/C=C(\C)C[C@H](C)[C@H](O[Si](C)(C)C(C)(C)C)[C@H](C)/C=C(\C)CO. The van der Waals surface area contributed by atoms with Crippen molar-refractivity contribution < 1.29 is 9.53 Å². The van der Waals surface area contributed by atoms with Crippen LogP contribution in [0.3, 0.4) is 0 Å². The highest BCUT2D eigenvalue weighted by molar-refractivity contribution is 6.74. The van der Waals surface area contributed by atoms with Gasteiger partial charge in [0.15, 0.2) is 8.32 Å². The Morgan fingerprint density at radius 1 is 1.17 bits per heavy atom. The van der Waals surface area contributed by atoms with Crippen molar-refractivity contribution in [2.24, 2.45) is 11.8 Å². The first-order valence-corrected chi connectivity index (χ1v) is 12.0. The third-order valence-corrected chi connectivity index (χ3v) is 9.63. The topological polar surface area (TPSA) is 29.5 Å². The monoisotopic (exact) mass is 352 g/mol. The standard InChI is InChI=1S/C21H40O2Si/c1-11-12-16(2)13-18(4)20(19(5)14-17(3)15-22)23-24(9,10)21(6,7)8/h11-12,14,18-20,22H,1,13,15H2,2-10H3/b16-12+,17-14+/t18-,19+,20-/m0/s1. The van der Waals surface area contributed by atoms with E-state index >= 15 is 0 Å². The van der Waals surface area contributed by atoms with Crippen molar-refractivity contribution in [1.82, 2.24) is 0 Å². The summed E-state index contributed by atoms with van der Waals surface area (Å²) in [6.07, 6.45) is 7.26. The first kappa shape index (κ1) is 23.4. The minimum Gasteiger partial charge on any atom is -0.413 e. The molecule has 0 bridgehead atoms. The second-order valence-electron chi connectivity index (χ2n) is 8.80. The molecule has 0 fully saturated rings. The quantitative estimate of drug-likeness (QED) is 0.308. The van der Waals surface area contributed by atoms with Gasteiger partial charge in [-0.1, -0.05) is 70.6 Å². The zero-order valence-electron chi connectivity index (χ0n) is 17.4. The Balaban J connectivity index is 5.51. The maximum absolute atomic E-state index is 9.36. The fourth-order valence-electron chi connectivity index (χ4n) is 2.75. The molecular weight excluding hydrogens is 312 g/mol. The van der Waals surface area contributed by atoms with Gasteiger partial charge in [-0.25, -0.2) is 0 Å². The number of hydrogen-bond acceptors (Lipinski definition) is 2. The predicted octanol–water partition coefficient (Wildman–Crippen LogP) is 6.11. The van der Waals surface area contributed by atoms with Crippen molar-refractivity contribution in [2.75, 3.05) is 6.61 Å².